The number of aliphatic hydroxyl groups excluding tert-OH is 1. The van der Waals surface area contributed by atoms with Crippen molar-refractivity contribution in [1.82, 2.24) is 4.98 Å². The number of nitrogens with zero attached hydrogens (tertiary/aromatic N) is 1. The molecule has 1 radical (unpaired) electrons. The number of pyridine rings is 1. The first-order valence-electron chi connectivity index (χ1n) is 12.6. The molecule has 0 aliphatic rings. The topological polar surface area (TPSA) is 63.3 Å². The predicted molar refractivity (Wildman–Crippen MR) is 157 cm³/mol. The number of allylic oxidation sites excluding steroid dienone is 2. The molecule has 0 saturated heterocycles. The standard InChI is InChI=1S/C27H26GeNO.C5H8O2.Ir/c1-17(2)22-16-19(15-18-9-6-7-10-20(18)22)26-25-21-11-8-12-23(28(3,4)5)27(21)30-24(25)13-14-29-26;1-4(6)3-5(2)7;/h6-14,16-17H,1-5H3;3,6H,1-2H3;/q-1;;/b;4-3-;. The first kappa shape index (κ1) is 29.8. The summed E-state index contributed by atoms with van der Waals surface area (Å²) in [6, 6.07) is 23.0. The Labute approximate surface area is 240 Å². The zero-order valence-electron chi connectivity index (χ0n) is 23.0. The third kappa shape index (κ3) is 6.28. The number of fused-ring (bicyclic) bond motifs is 4. The molecule has 0 bridgehead atoms. The molecule has 0 fully saturated rings. The smallest absolute Gasteiger partial charge is 0 e. The Morgan fingerprint density at radius 3 is 2.32 bits per heavy atom. The molecule has 0 amide bonds. The summed E-state index contributed by atoms with van der Waals surface area (Å²) in [6.45, 7) is 7.34. The molecule has 38 heavy (non-hydrogen) atoms. The number of benzene rings is 3. The second kappa shape index (κ2) is 12.0. The molecule has 4 nitrogen and oxygen atoms in total. The summed E-state index contributed by atoms with van der Waals surface area (Å²) < 4.78 is 7.83. The molecule has 0 aliphatic carbocycles. The molecule has 0 saturated carbocycles. The molecule has 0 atom stereocenters. The van der Waals surface area contributed by atoms with Crippen molar-refractivity contribution in [3.05, 3.63) is 84.3 Å². The van der Waals surface area contributed by atoms with Crippen LogP contribution in [0.3, 0.4) is 0 Å². The van der Waals surface area contributed by atoms with Crippen molar-refractivity contribution in [3.63, 3.8) is 0 Å². The van der Waals surface area contributed by atoms with Crippen LogP contribution in [0.5, 0.6) is 0 Å². The zero-order valence-corrected chi connectivity index (χ0v) is 27.5. The van der Waals surface area contributed by atoms with Crippen molar-refractivity contribution in [2.24, 2.45) is 0 Å². The minimum absolute atomic E-state index is 0. The van der Waals surface area contributed by atoms with E-state index in [4.69, 9.17) is 14.5 Å². The Morgan fingerprint density at radius 1 is 1.03 bits per heavy atom. The Bertz CT molecular complexity index is 1640. The van der Waals surface area contributed by atoms with Crippen molar-refractivity contribution in [2.75, 3.05) is 0 Å². The largest absolute Gasteiger partial charge is 0 e. The van der Waals surface area contributed by atoms with Crippen LogP contribution in [-0.2, 0) is 24.9 Å². The van der Waals surface area contributed by atoms with Gasteiger partial charge in [-0.1, -0.05) is 0 Å². The SMILES string of the molecule is CC(=O)/C=C(/C)O.CC(C)c1cc(-c2nccc3oc4[c]([Ge]([CH3])([CH3])[CH3])cccc4c23)[c-]c2ccccc12.[Ir]. The quantitative estimate of drug-likeness (QED) is 0.0871. The Kier molecular flexibility index (Phi) is 9.40. The summed E-state index contributed by atoms with van der Waals surface area (Å²) in [6.07, 6.45) is 3.02. The maximum absolute atomic E-state index is 10.0. The van der Waals surface area contributed by atoms with E-state index in [2.05, 4.69) is 85.7 Å². The fourth-order valence-electron chi connectivity index (χ4n) is 4.70. The number of carbonyl (C=O) groups is 1. The number of hydrogen-bond acceptors (Lipinski definition) is 4. The molecule has 3 aromatic carbocycles. The average molecular weight is 745 g/mol. The molecule has 1 N–H and O–H groups in total. The summed E-state index contributed by atoms with van der Waals surface area (Å²) in [5, 5.41) is 13.0. The molecule has 0 aliphatic heterocycles. The Morgan fingerprint density at radius 2 is 1.71 bits per heavy atom. The van der Waals surface area contributed by atoms with Gasteiger partial charge in [0.05, 0.1) is 5.76 Å². The molecule has 2 aromatic heterocycles. The van der Waals surface area contributed by atoms with Crippen LogP contribution in [0.1, 0.15) is 39.2 Å². The van der Waals surface area contributed by atoms with Gasteiger partial charge < -0.3 is 5.11 Å². The molecule has 0 unspecified atom stereocenters. The van der Waals surface area contributed by atoms with Gasteiger partial charge >= 0.3 is 180 Å². The van der Waals surface area contributed by atoms with Crippen LogP contribution in [0, 0.1) is 6.07 Å². The van der Waals surface area contributed by atoms with Gasteiger partial charge in [0, 0.05) is 26.2 Å². The van der Waals surface area contributed by atoms with Gasteiger partial charge in [-0.3, -0.25) is 4.79 Å². The summed E-state index contributed by atoms with van der Waals surface area (Å²) in [4.78, 5) is 14.8. The predicted octanol–water partition coefficient (Wildman–Crippen LogP) is 8.30. The van der Waals surface area contributed by atoms with Gasteiger partial charge in [-0.2, -0.15) is 0 Å². The van der Waals surface area contributed by atoms with Crippen LogP contribution in [0.4, 0.5) is 0 Å². The van der Waals surface area contributed by atoms with Gasteiger partial charge in [0.1, 0.15) is 0 Å². The molecular weight excluding hydrogens is 711 g/mol. The van der Waals surface area contributed by atoms with Crippen LogP contribution in [-0.4, -0.2) is 29.1 Å². The van der Waals surface area contributed by atoms with E-state index in [1.165, 1.54) is 40.7 Å². The van der Waals surface area contributed by atoms with Crippen LogP contribution in [0.2, 0.25) is 17.3 Å². The molecule has 5 aromatic rings. The van der Waals surface area contributed by atoms with Crippen molar-refractivity contribution < 1.29 is 34.4 Å². The summed E-state index contributed by atoms with van der Waals surface area (Å²) in [5.41, 5.74) is 5.27. The number of furan rings is 1. The van der Waals surface area contributed by atoms with E-state index in [-0.39, 0.29) is 31.6 Å². The van der Waals surface area contributed by atoms with Gasteiger partial charge in [0.25, 0.3) is 0 Å². The number of aliphatic hydroxyl groups is 1. The molecular formula is C32H34GeIrNO3-. The van der Waals surface area contributed by atoms with Gasteiger partial charge in [0.2, 0.25) is 0 Å². The number of aromatic nitrogens is 1. The number of hydrogen-bond donors (Lipinski definition) is 1. The number of ketones is 1. The molecule has 199 valence electrons. The fourth-order valence-corrected chi connectivity index (χ4v) is 7.77. The second-order valence-corrected chi connectivity index (χ2v) is 21.4. The van der Waals surface area contributed by atoms with Crippen molar-refractivity contribution in [2.45, 2.75) is 50.9 Å². The van der Waals surface area contributed by atoms with Gasteiger partial charge in [-0.05, 0) is 13.8 Å². The van der Waals surface area contributed by atoms with E-state index >= 15 is 0 Å². The normalized spacial score (nSPS) is 11.9. The average Bonchev–Trinajstić information content (AvgIpc) is 3.21. The second-order valence-electron chi connectivity index (χ2n) is 10.8. The zero-order chi connectivity index (χ0) is 26.9. The van der Waals surface area contributed by atoms with Gasteiger partial charge in [-0.25, -0.2) is 0 Å². The Balaban J connectivity index is 0.000000444. The van der Waals surface area contributed by atoms with E-state index in [1.54, 1.807) is 0 Å². The number of carbonyl (C=O) groups excluding carboxylic acids is 1. The van der Waals surface area contributed by atoms with Crippen molar-refractivity contribution >= 4 is 56.2 Å². The monoisotopic (exact) mass is 747 g/mol. The van der Waals surface area contributed by atoms with E-state index in [9.17, 15) is 4.79 Å². The maximum atomic E-state index is 10.0. The third-order valence-electron chi connectivity index (χ3n) is 6.31. The van der Waals surface area contributed by atoms with Gasteiger partial charge in [0.15, 0.2) is 5.78 Å². The fraction of sp³-hybridized carbons (Fsp3) is 0.250. The molecule has 2 heterocycles. The summed E-state index contributed by atoms with van der Waals surface area (Å²) >= 11 is -2.08. The van der Waals surface area contributed by atoms with Crippen LogP contribution >= 0.6 is 0 Å². The molecule has 6 heteroatoms. The molecule has 0 spiro atoms. The summed E-state index contributed by atoms with van der Waals surface area (Å²) in [5.74, 6) is 7.59. The number of para-hydroxylation sites is 1. The first-order valence-corrected chi connectivity index (χ1v) is 20.0. The minimum atomic E-state index is -2.08. The minimum Gasteiger partial charge on any atom is 0 e. The number of rotatable bonds is 4. The van der Waals surface area contributed by atoms with Crippen LogP contribution in [0.25, 0.3) is 44.0 Å². The van der Waals surface area contributed by atoms with E-state index < -0.39 is 13.3 Å². The third-order valence-corrected chi connectivity index (χ3v) is 10.5. The first-order chi connectivity index (χ1) is 17.5. The van der Waals surface area contributed by atoms with E-state index in [0.717, 1.165) is 33.2 Å². The van der Waals surface area contributed by atoms with Crippen LogP contribution in [0.15, 0.2) is 77.0 Å². The molecule has 5 rings (SSSR count). The summed E-state index contributed by atoms with van der Waals surface area (Å²) in [7, 11) is 0. The Hall–Kier alpha value is -2.73. The van der Waals surface area contributed by atoms with E-state index in [0.29, 0.717) is 5.92 Å². The maximum Gasteiger partial charge on any atom is 0 e. The van der Waals surface area contributed by atoms with Crippen LogP contribution < -0.4 is 4.40 Å². The van der Waals surface area contributed by atoms with E-state index in [1.807, 2.05) is 12.3 Å². The van der Waals surface area contributed by atoms with Crippen molar-refractivity contribution in [1.29, 1.82) is 0 Å². The van der Waals surface area contributed by atoms with Crippen molar-refractivity contribution in [3.8, 4) is 11.3 Å². The van der Waals surface area contributed by atoms with Gasteiger partial charge in [-0.15, -0.1) is 0 Å².